The Morgan fingerprint density at radius 1 is 1.38 bits per heavy atom. The summed E-state index contributed by atoms with van der Waals surface area (Å²) in [6.07, 6.45) is 8.88. The van der Waals surface area contributed by atoms with E-state index in [0.29, 0.717) is 29.0 Å². The van der Waals surface area contributed by atoms with E-state index in [-0.39, 0.29) is 5.91 Å². The van der Waals surface area contributed by atoms with E-state index in [1.165, 1.54) is 18.5 Å². The molecule has 1 aliphatic carbocycles. The van der Waals surface area contributed by atoms with Crippen molar-refractivity contribution in [1.29, 1.82) is 0 Å². The minimum Gasteiger partial charge on any atom is -0.461 e. The van der Waals surface area contributed by atoms with E-state index in [9.17, 15) is 9.18 Å². The Morgan fingerprint density at radius 3 is 2.92 bits per heavy atom. The predicted octanol–water partition coefficient (Wildman–Crippen LogP) is 4.38. The Morgan fingerprint density at radius 2 is 2.23 bits per heavy atom. The van der Waals surface area contributed by atoms with Gasteiger partial charge in [0.15, 0.2) is 0 Å². The van der Waals surface area contributed by atoms with E-state index in [1.54, 1.807) is 35.2 Å². The number of hydrogen-bond donors (Lipinski definition) is 1. The standard InChI is InChI=1S/C20H18FN3O2/c1-13-10-16(13)19-6-3-15(26-19)4-7-20(25)23-14-2-5-18(17(21)11-14)24-9-8-22-12-24/h2-9,11-13,16H,10H2,1H3,(H,23,25)/b7-4+. The monoisotopic (exact) mass is 351 g/mol. The molecule has 1 saturated carbocycles. The second-order valence-electron chi connectivity index (χ2n) is 6.52. The van der Waals surface area contributed by atoms with Crippen LogP contribution in [0.4, 0.5) is 10.1 Å². The van der Waals surface area contributed by atoms with Gasteiger partial charge in [-0.05, 0) is 48.7 Å². The molecule has 6 heteroatoms. The first-order valence-electron chi connectivity index (χ1n) is 8.47. The number of carbonyl (C=O) groups is 1. The summed E-state index contributed by atoms with van der Waals surface area (Å²) in [7, 11) is 0. The van der Waals surface area contributed by atoms with Gasteiger partial charge in [0, 0.05) is 30.1 Å². The lowest BCUT2D eigenvalue weighted by atomic mass is 10.2. The average molecular weight is 351 g/mol. The van der Waals surface area contributed by atoms with Crippen LogP contribution in [-0.2, 0) is 4.79 Å². The zero-order valence-corrected chi connectivity index (χ0v) is 14.2. The van der Waals surface area contributed by atoms with Gasteiger partial charge in [0.2, 0.25) is 5.91 Å². The van der Waals surface area contributed by atoms with Crippen molar-refractivity contribution >= 4 is 17.7 Å². The van der Waals surface area contributed by atoms with Crippen LogP contribution in [0, 0.1) is 11.7 Å². The quantitative estimate of drug-likeness (QED) is 0.694. The molecule has 1 N–H and O–H groups in total. The van der Waals surface area contributed by atoms with Gasteiger partial charge >= 0.3 is 0 Å². The molecule has 2 aromatic heterocycles. The third kappa shape index (κ3) is 3.44. The van der Waals surface area contributed by atoms with Crippen molar-refractivity contribution < 1.29 is 13.6 Å². The first kappa shape index (κ1) is 16.3. The van der Waals surface area contributed by atoms with Crippen LogP contribution in [0.25, 0.3) is 11.8 Å². The Bertz CT molecular complexity index is 959. The van der Waals surface area contributed by atoms with Crippen molar-refractivity contribution in [2.24, 2.45) is 5.92 Å². The molecule has 4 rings (SSSR count). The third-order valence-electron chi connectivity index (χ3n) is 4.52. The lowest BCUT2D eigenvalue weighted by Gasteiger charge is -2.07. The molecule has 1 aromatic carbocycles. The molecule has 1 fully saturated rings. The van der Waals surface area contributed by atoms with E-state index in [0.717, 1.165) is 12.2 Å². The van der Waals surface area contributed by atoms with Crippen LogP contribution in [0.1, 0.15) is 30.8 Å². The lowest BCUT2D eigenvalue weighted by molar-refractivity contribution is -0.111. The van der Waals surface area contributed by atoms with Gasteiger partial charge in [-0.15, -0.1) is 0 Å². The number of carbonyl (C=O) groups excluding carboxylic acids is 1. The molecule has 0 spiro atoms. The highest BCUT2D eigenvalue weighted by Crippen LogP contribution is 2.47. The molecule has 0 saturated heterocycles. The summed E-state index contributed by atoms with van der Waals surface area (Å²) in [5.41, 5.74) is 0.751. The highest BCUT2D eigenvalue weighted by molar-refractivity contribution is 6.01. The maximum absolute atomic E-state index is 14.2. The van der Waals surface area contributed by atoms with Gasteiger partial charge in [0.05, 0.1) is 12.0 Å². The number of anilines is 1. The summed E-state index contributed by atoms with van der Waals surface area (Å²) in [6.45, 7) is 2.19. The molecule has 1 aliphatic rings. The van der Waals surface area contributed by atoms with Crippen LogP contribution in [-0.4, -0.2) is 15.5 Å². The van der Waals surface area contributed by atoms with Crippen LogP contribution >= 0.6 is 0 Å². The average Bonchev–Trinajstić information content (AvgIpc) is 3.06. The van der Waals surface area contributed by atoms with Crippen molar-refractivity contribution in [3.63, 3.8) is 0 Å². The number of nitrogens with one attached hydrogen (secondary N) is 1. The van der Waals surface area contributed by atoms with Crippen molar-refractivity contribution in [3.05, 3.63) is 72.5 Å². The van der Waals surface area contributed by atoms with E-state index in [2.05, 4.69) is 17.2 Å². The highest BCUT2D eigenvalue weighted by atomic mass is 19.1. The van der Waals surface area contributed by atoms with Gasteiger partial charge in [-0.2, -0.15) is 0 Å². The topological polar surface area (TPSA) is 60.1 Å². The minimum atomic E-state index is -0.445. The number of rotatable bonds is 5. The maximum atomic E-state index is 14.2. The molecular weight excluding hydrogens is 333 g/mol. The number of furan rings is 1. The van der Waals surface area contributed by atoms with Gasteiger partial charge in [-0.1, -0.05) is 6.92 Å². The SMILES string of the molecule is CC1CC1c1ccc(/C=C/C(=O)Nc2ccc(-n3ccnc3)c(F)c2)o1. The number of halogens is 1. The van der Waals surface area contributed by atoms with Crippen LogP contribution in [0.15, 0.2) is 59.5 Å². The summed E-state index contributed by atoms with van der Waals surface area (Å²) < 4.78 is 21.5. The summed E-state index contributed by atoms with van der Waals surface area (Å²) >= 11 is 0. The molecule has 132 valence electrons. The van der Waals surface area contributed by atoms with Crippen molar-refractivity contribution in [2.45, 2.75) is 19.3 Å². The molecule has 0 aliphatic heterocycles. The van der Waals surface area contributed by atoms with Gasteiger partial charge in [0.1, 0.15) is 17.3 Å². The van der Waals surface area contributed by atoms with Crippen LogP contribution in [0.5, 0.6) is 0 Å². The van der Waals surface area contributed by atoms with Gasteiger partial charge in [-0.25, -0.2) is 9.37 Å². The normalized spacial score (nSPS) is 19.0. The Hall–Kier alpha value is -3.15. The summed E-state index contributed by atoms with van der Waals surface area (Å²) in [5, 5.41) is 2.64. The Kier molecular flexibility index (Phi) is 4.16. The summed E-state index contributed by atoms with van der Waals surface area (Å²) in [5.74, 6) is 1.98. The third-order valence-corrected chi connectivity index (χ3v) is 4.52. The van der Waals surface area contributed by atoms with E-state index >= 15 is 0 Å². The molecule has 0 bridgehead atoms. The smallest absolute Gasteiger partial charge is 0.248 e. The molecule has 0 radical (unpaired) electrons. The van der Waals surface area contributed by atoms with Crippen LogP contribution in [0.2, 0.25) is 0 Å². The molecule has 2 heterocycles. The molecule has 26 heavy (non-hydrogen) atoms. The van der Waals surface area contributed by atoms with E-state index in [4.69, 9.17) is 4.42 Å². The zero-order chi connectivity index (χ0) is 18.1. The highest BCUT2D eigenvalue weighted by Gasteiger charge is 2.36. The number of imidazole rings is 1. The number of hydrogen-bond acceptors (Lipinski definition) is 3. The molecule has 3 aromatic rings. The number of benzene rings is 1. The van der Waals surface area contributed by atoms with Gasteiger partial charge in [-0.3, -0.25) is 4.79 Å². The summed E-state index contributed by atoms with van der Waals surface area (Å²) in [6, 6.07) is 8.32. The molecule has 2 atom stereocenters. The fourth-order valence-electron chi connectivity index (χ4n) is 2.91. The molecule has 1 amide bonds. The van der Waals surface area contributed by atoms with E-state index < -0.39 is 5.82 Å². The maximum Gasteiger partial charge on any atom is 0.248 e. The first-order valence-corrected chi connectivity index (χ1v) is 8.47. The fraction of sp³-hybridized carbons (Fsp3) is 0.200. The minimum absolute atomic E-state index is 0.350. The number of aromatic nitrogens is 2. The Balaban J connectivity index is 1.40. The van der Waals surface area contributed by atoms with Crippen molar-refractivity contribution in [1.82, 2.24) is 9.55 Å². The predicted molar refractivity (Wildman–Crippen MR) is 96.4 cm³/mol. The summed E-state index contributed by atoms with van der Waals surface area (Å²) in [4.78, 5) is 15.9. The number of amides is 1. The first-order chi connectivity index (χ1) is 12.6. The van der Waals surface area contributed by atoms with Crippen LogP contribution < -0.4 is 5.32 Å². The lowest BCUT2D eigenvalue weighted by Crippen LogP contribution is -2.08. The van der Waals surface area contributed by atoms with Crippen molar-refractivity contribution in [2.75, 3.05) is 5.32 Å². The zero-order valence-electron chi connectivity index (χ0n) is 14.2. The van der Waals surface area contributed by atoms with Crippen molar-refractivity contribution in [3.8, 4) is 5.69 Å². The second-order valence-corrected chi connectivity index (χ2v) is 6.52. The molecule has 5 nitrogen and oxygen atoms in total. The van der Waals surface area contributed by atoms with Crippen LogP contribution in [0.3, 0.4) is 0 Å². The Labute approximate surface area is 150 Å². The molecular formula is C20H18FN3O2. The molecule has 2 unspecified atom stereocenters. The largest absolute Gasteiger partial charge is 0.461 e. The van der Waals surface area contributed by atoms with Gasteiger partial charge < -0.3 is 14.3 Å². The number of nitrogens with zero attached hydrogens (tertiary/aromatic N) is 2. The van der Waals surface area contributed by atoms with Gasteiger partial charge in [0.25, 0.3) is 0 Å². The van der Waals surface area contributed by atoms with E-state index in [1.807, 2.05) is 12.1 Å². The second kappa shape index (κ2) is 6.63. The fourth-order valence-corrected chi connectivity index (χ4v) is 2.91.